The molecule has 1 aromatic carbocycles. The van der Waals surface area contributed by atoms with Crippen LogP contribution in [-0.4, -0.2) is 41.1 Å². The van der Waals surface area contributed by atoms with Crippen molar-refractivity contribution in [1.29, 1.82) is 0 Å². The number of aliphatic hydroxyl groups is 1. The molecule has 8 heteroatoms. The topological polar surface area (TPSA) is 101 Å². The van der Waals surface area contributed by atoms with E-state index < -0.39 is 15.4 Å². The van der Waals surface area contributed by atoms with Gasteiger partial charge in [-0.05, 0) is 50.3 Å². The van der Waals surface area contributed by atoms with Gasteiger partial charge >= 0.3 is 0 Å². The van der Waals surface area contributed by atoms with E-state index in [2.05, 4.69) is 10.4 Å². The van der Waals surface area contributed by atoms with Crippen molar-refractivity contribution in [3.05, 3.63) is 41.6 Å². The van der Waals surface area contributed by atoms with Crippen molar-refractivity contribution >= 4 is 21.6 Å². The van der Waals surface area contributed by atoms with Crippen LogP contribution in [0.5, 0.6) is 0 Å². The molecule has 0 radical (unpaired) electrons. The molecule has 0 unspecified atom stereocenters. The van der Waals surface area contributed by atoms with Crippen molar-refractivity contribution in [3.8, 4) is 0 Å². The Morgan fingerprint density at radius 3 is 2.55 bits per heavy atom. The maximum absolute atomic E-state index is 13.3. The summed E-state index contributed by atoms with van der Waals surface area (Å²) in [5, 5.41) is 17.2. The molecule has 0 bridgehead atoms. The molecule has 1 aliphatic carbocycles. The van der Waals surface area contributed by atoms with Crippen LogP contribution < -0.4 is 5.32 Å². The fourth-order valence-corrected chi connectivity index (χ4v) is 5.36. The van der Waals surface area contributed by atoms with Crippen molar-refractivity contribution in [3.63, 3.8) is 0 Å². The number of aryl methyl sites for hydroxylation is 1. The summed E-state index contributed by atoms with van der Waals surface area (Å²) < 4.78 is 25.6. The average Bonchev–Trinajstić information content (AvgIpc) is 3.29. The molecule has 1 amide bonds. The van der Waals surface area contributed by atoms with E-state index in [-0.39, 0.29) is 11.8 Å². The lowest BCUT2D eigenvalue weighted by molar-refractivity contribution is -0.118. The van der Waals surface area contributed by atoms with Crippen LogP contribution in [0, 0.1) is 12.8 Å². The second-order valence-electron chi connectivity index (χ2n) is 9.44. The van der Waals surface area contributed by atoms with Gasteiger partial charge in [0.25, 0.3) is 0 Å². The van der Waals surface area contributed by atoms with Crippen molar-refractivity contribution in [2.24, 2.45) is 5.92 Å². The largest absolute Gasteiger partial charge is 0.389 e. The Balaban J connectivity index is 1.83. The van der Waals surface area contributed by atoms with Crippen LogP contribution in [0.25, 0.3) is 0 Å². The first kappa shape index (κ1) is 23.5. The molecule has 0 spiro atoms. The Morgan fingerprint density at radius 1 is 1.29 bits per heavy atom. The molecule has 1 fully saturated rings. The summed E-state index contributed by atoms with van der Waals surface area (Å²) in [5.74, 6) is 0.398. The summed E-state index contributed by atoms with van der Waals surface area (Å²) in [5.41, 5.74) is 0.570. The van der Waals surface area contributed by atoms with Crippen LogP contribution in [0.2, 0.25) is 0 Å². The molecule has 170 valence electrons. The second-order valence-corrected chi connectivity index (χ2v) is 11.4. The Labute approximate surface area is 184 Å². The Morgan fingerprint density at radius 2 is 1.97 bits per heavy atom. The number of hydrogen-bond donors (Lipinski definition) is 2. The first-order valence-electron chi connectivity index (χ1n) is 10.8. The van der Waals surface area contributed by atoms with Crippen LogP contribution in [0.1, 0.15) is 63.0 Å². The van der Waals surface area contributed by atoms with E-state index in [1.54, 1.807) is 49.8 Å². The molecule has 0 aliphatic heterocycles. The second kappa shape index (κ2) is 9.12. The number of nitrogens with zero attached hydrogens (tertiary/aromatic N) is 2. The summed E-state index contributed by atoms with van der Waals surface area (Å²) in [6.45, 7) is 5.49. The Kier molecular flexibility index (Phi) is 6.91. The maximum atomic E-state index is 13.3. The standard InChI is InChI=1S/C23H33N3O4S/c1-16-13-18(9-10-20(16)31(4,29)30)19(14-17-7-5-6-8-17)22(27)24-21-11-12-26(25-21)15-23(2,3)28/h9-13,17,19,28H,5-8,14-15H2,1-4H3,(H,24,25,27)/t19-/m1/s1. The minimum atomic E-state index is -3.31. The molecule has 7 nitrogen and oxygen atoms in total. The van der Waals surface area contributed by atoms with Crippen molar-refractivity contribution in [1.82, 2.24) is 9.78 Å². The minimum absolute atomic E-state index is 0.146. The van der Waals surface area contributed by atoms with E-state index >= 15 is 0 Å². The molecule has 31 heavy (non-hydrogen) atoms. The van der Waals surface area contributed by atoms with Gasteiger partial charge in [-0.3, -0.25) is 9.48 Å². The number of anilines is 1. The van der Waals surface area contributed by atoms with Crippen LogP contribution >= 0.6 is 0 Å². The zero-order valence-corrected chi connectivity index (χ0v) is 19.6. The minimum Gasteiger partial charge on any atom is -0.389 e. The molecular formula is C23H33N3O4S. The highest BCUT2D eigenvalue weighted by molar-refractivity contribution is 7.90. The number of carbonyl (C=O) groups is 1. The smallest absolute Gasteiger partial charge is 0.233 e. The number of hydrogen-bond acceptors (Lipinski definition) is 5. The number of sulfone groups is 1. The maximum Gasteiger partial charge on any atom is 0.233 e. The third kappa shape index (κ3) is 6.40. The van der Waals surface area contributed by atoms with Gasteiger partial charge in [0.1, 0.15) is 0 Å². The lowest BCUT2D eigenvalue weighted by Crippen LogP contribution is -2.27. The zero-order valence-electron chi connectivity index (χ0n) is 18.8. The average molecular weight is 448 g/mol. The molecule has 2 N–H and O–H groups in total. The van der Waals surface area contributed by atoms with Gasteiger partial charge in [0, 0.05) is 18.5 Å². The number of amides is 1. The quantitative estimate of drug-likeness (QED) is 0.643. The predicted molar refractivity (Wildman–Crippen MR) is 121 cm³/mol. The zero-order chi connectivity index (χ0) is 22.8. The van der Waals surface area contributed by atoms with Crippen molar-refractivity contribution in [2.45, 2.75) is 75.8 Å². The molecular weight excluding hydrogens is 414 g/mol. The van der Waals surface area contributed by atoms with E-state index in [9.17, 15) is 18.3 Å². The van der Waals surface area contributed by atoms with Crippen molar-refractivity contribution < 1.29 is 18.3 Å². The monoisotopic (exact) mass is 447 g/mol. The highest BCUT2D eigenvalue weighted by Crippen LogP contribution is 2.35. The van der Waals surface area contributed by atoms with E-state index in [0.717, 1.165) is 24.8 Å². The lowest BCUT2D eigenvalue weighted by atomic mass is 9.86. The molecule has 2 aromatic rings. The molecule has 1 aliphatic rings. The van der Waals surface area contributed by atoms with Gasteiger partial charge in [0.2, 0.25) is 5.91 Å². The van der Waals surface area contributed by atoms with Crippen LogP contribution in [0.4, 0.5) is 5.82 Å². The number of carbonyl (C=O) groups excluding carboxylic acids is 1. The first-order valence-corrected chi connectivity index (χ1v) is 12.7. The highest BCUT2D eigenvalue weighted by atomic mass is 32.2. The molecule has 3 rings (SSSR count). The summed E-state index contributed by atoms with van der Waals surface area (Å²) in [6, 6.07) is 6.90. The summed E-state index contributed by atoms with van der Waals surface area (Å²) >= 11 is 0. The van der Waals surface area contributed by atoms with Gasteiger partial charge in [-0.2, -0.15) is 5.10 Å². The Bertz CT molecular complexity index is 1030. The number of benzene rings is 1. The van der Waals surface area contributed by atoms with E-state index in [1.165, 1.54) is 19.1 Å². The van der Waals surface area contributed by atoms with Gasteiger partial charge in [-0.1, -0.05) is 37.8 Å². The molecule has 1 atom stereocenters. The van der Waals surface area contributed by atoms with Gasteiger partial charge < -0.3 is 10.4 Å². The van der Waals surface area contributed by atoms with Crippen LogP contribution in [0.3, 0.4) is 0 Å². The fraction of sp³-hybridized carbons (Fsp3) is 0.565. The van der Waals surface area contributed by atoms with E-state index in [0.29, 0.717) is 28.7 Å². The molecule has 0 saturated heterocycles. The number of rotatable bonds is 8. The number of nitrogens with one attached hydrogen (secondary N) is 1. The number of aromatic nitrogens is 2. The molecule has 1 aromatic heterocycles. The third-order valence-corrected chi connectivity index (χ3v) is 7.06. The van der Waals surface area contributed by atoms with Gasteiger partial charge in [-0.15, -0.1) is 0 Å². The van der Waals surface area contributed by atoms with Crippen LogP contribution in [-0.2, 0) is 21.2 Å². The Hall–Kier alpha value is -2.19. The summed E-state index contributed by atoms with van der Waals surface area (Å²) in [4.78, 5) is 13.6. The normalized spacial score (nSPS) is 16.4. The van der Waals surface area contributed by atoms with Crippen molar-refractivity contribution in [2.75, 3.05) is 11.6 Å². The highest BCUT2D eigenvalue weighted by Gasteiger charge is 2.28. The third-order valence-electron chi connectivity index (χ3n) is 5.80. The van der Waals surface area contributed by atoms with E-state index in [4.69, 9.17) is 0 Å². The van der Waals surface area contributed by atoms with Gasteiger partial charge in [-0.25, -0.2) is 8.42 Å². The van der Waals surface area contributed by atoms with Gasteiger partial charge in [0.15, 0.2) is 15.7 Å². The SMILES string of the molecule is Cc1cc([C@@H](CC2CCCC2)C(=O)Nc2ccn(CC(C)(C)O)n2)ccc1S(C)(=O)=O. The van der Waals surface area contributed by atoms with Gasteiger partial charge in [0.05, 0.1) is 23.0 Å². The first-order chi connectivity index (χ1) is 14.4. The van der Waals surface area contributed by atoms with Crippen LogP contribution in [0.15, 0.2) is 35.4 Å². The molecule has 1 saturated carbocycles. The van der Waals surface area contributed by atoms with E-state index in [1.807, 2.05) is 6.07 Å². The molecule has 1 heterocycles. The summed E-state index contributed by atoms with van der Waals surface area (Å²) in [6.07, 6.45) is 8.26. The fourth-order valence-electron chi connectivity index (χ4n) is 4.41. The summed E-state index contributed by atoms with van der Waals surface area (Å²) in [7, 11) is -3.31. The lowest BCUT2D eigenvalue weighted by Gasteiger charge is -2.21. The predicted octanol–water partition coefficient (Wildman–Crippen LogP) is 3.67.